The summed E-state index contributed by atoms with van der Waals surface area (Å²) in [6.45, 7) is 5.72. The van der Waals surface area contributed by atoms with E-state index in [0.717, 1.165) is 16.7 Å². The maximum Gasteiger partial charge on any atom is 0.263 e. The molecule has 146 valence electrons. The minimum Gasteiger partial charge on any atom is -0.481 e. The molecule has 2 aromatic carbocycles. The van der Waals surface area contributed by atoms with Crippen LogP contribution in [0.15, 0.2) is 47.0 Å². The number of carbonyl (C=O) groups excluding carboxylic acids is 1. The molecule has 0 radical (unpaired) electrons. The number of carbonyl (C=O) groups is 1. The normalized spacial score (nSPS) is 11.9. The molecule has 0 saturated heterocycles. The van der Waals surface area contributed by atoms with Crippen molar-refractivity contribution in [3.63, 3.8) is 0 Å². The van der Waals surface area contributed by atoms with Gasteiger partial charge in [-0.2, -0.15) is 4.98 Å². The Morgan fingerprint density at radius 1 is 1.21 bits per heavy atom. The lowest BCUT2D eigenvalue weighted by Gasteiger charge is -2.21. The van der Waals surface area contributed by atoms with Gasteiger partial charge in [0, 0.05) is 17.6 Å². The number of aromatic nitrogens is 2. The molecule has 0 fully saturated rings. The van der Waals surface area contributed by atoms with E-state index >= 15 is 0 Å². The summed E-state index contributed by atoms with van der Waals surface area (Å²) in [7, 11) is 1.67. The van der Waals surface area contributed by atoms with Gasteiger partial charge in [-0.05, 0) is 44.0 Å². The molecule has 0 saturated carbocycles. The van der Waals surface area contributed by atoms with Crippen molar-refractivity contribution in [2.45, 2.75) is 33.4 Å². The quantitative estimate of drug-likeness (QED) is 0.613. The number of benzene rings is 2. The van der Waals surface area contributed by atoms with Crippen LogP contribution in [0.5, 0.6) is 5.75 Å². The van der Waals surface area contributed by atoms with Crippen LogP contribution in [0.4, 0.5) is 0 Å². The first-order valence-electron chi connectivity index (χ1n) is 8.91. The Kier molecular flexibility index (Phi) is 5.99. The number of aryl methyl sites for hydroxylation is 2. The summed E-state index contributed by atoms with van der Waals surface area (Å²) in [6, 6.07) is 13.2. The third-order valence-corrected chi connectivity index (χ3v) is 4.92. The highest BCUT2D eigenvalue weighted by Gasteiger charge is 2.22. The van der Waals surface area contributed by atoms with Crippen LogP contribution in [0.2, 0.25) is 5.02 Å². The van der Waals surface area contributed by atoms with Crippen molar-refractivity contribution in [3.8, 4) is 17.1 Å². The van der Waals surface area contributed by atoms with Gasteiger partial charge in [-0.15, -0.1) is 0 Å². The van der Waals surface area contributed by atoms with Crippen LogP contribution in [0.3, 0.4) is 0 Å². The zero-order valence-corrected chi connectivity index (χ0v) is 17.0. The van der Waals surface area contributed by atoms with E-state index in [1.807, 2.05) is 56.3 Å². The molecule has 1 atom stereocenters. The average molecular weight is 400 g/mol. The number of nitrogens with zero attached hydrogens (tertiary/aromatic N) is 3. The van der Waals surface area contributed by atoms with Gasteiger partial charge in [0.2, 0.25) is 11.7 Å². The molecule has 1 amide bonds. The fourth-order valence-corrected chi connectivity index (χ4v) is 2.95. The van der Waals surface area contributed by atoms with Crippen molar-refractivity contribution in [2.24, 2.45) is 0 Å². The van der Waals surface area contributed by atoms with Crippen LogP contribution >= 0.6 is 11.6 Å². The molecule has 0 unspecified atom stereocenters. The highest BCUT2D eigenvalue weighted by atomic mass is 35.5. The Hall–Kier alpha value is -2.86. The minimum atomic E-state index is -0.665. The highest BCUT2D eigenvalue weighted by molar-refractivity contribution is 6.32. The third-order valence-electron chi connectivity index (χ3n) is 4.32. The van der Waals surface area contributed by atoms with Crippen LogP contribution in [-0.4, -0.2) is 34.1 Å². The van der Waals surface area contributed by atoms with Gasteiger partial charge in [0.05, 0.1) is 6.54 Å². The minimum absolute atomic E-state index is 0.190. The van der Waals surface area contributed by atoms with Crippen molar-refractivity contribution in [3.05, 3.63) is 64.5 Å². The molecule has 0 spiro atoms. The molecule has 0 N–H and O–H groups in total. The fourth-order valence-electron chi connectivity index (χ4n) is 2.84. The van der Waals surface area contributed by atoms with E-state index < -0.39 is 6.10 Å². The van der Waals surface area contributed by atoms with Gasteiger partial charge < -0.3 is 14.2 Å². The molecule has 0 aliphatic rings. The molecule has 0 aliphatic heterocycles. The molecule has 1 aromatic heterocycles. The second-order valence-electron chi connectivity index (χ2n) is 6.70. The number of amides is 1. The second kappa shape index (κ2) is 8.44. The van der Waals surface area contributed by atoms with Crippen LogP contribution in [0, 0.1) is 13.8 Å². The summed E-state index contributed by atoms with van der Waals surface area (Å²) in [5, 5.41) is 4.67. The molecule has 3 rings (SSSR count). The predicted octanol–water partition coefficient (Wildman–Crippen LogP) is 4.43. The number of likely N-dealkylation sites (N-methyl/N-ethyl adjacent to an activating group) is 1. The summed E-state index contributed by atoms with van der Waals surface area (Å²) in [4.78, 5) is 18.5. The maximum atomic E-state index is 12.7. The predicted molar refractivity (Wildman–Crippen MR) is 107 cm³/mol. The van der Waals surface area contributed by atoms with Crippen molar-refractivity contribution >= 4 is 17.5 Å². The molecule has 0 bridgehead atoms. The van der Waals surface area contributed by atoms with E-state index in [1.54, 1.807) is 14.0 Å². The zero-order valence-electron chi connectivity index (χ0n) is 16.3. The number of rotatable bonds is 6. The molecule has 0 aliphatic carbocycles. The topological polar surface area (TPSA) is 68.5 Å². The van der Waals surface area contributed by atoms with E-state index in [1.165, 1.54) is 4.90 Å². The lowest BCUT2D eigenvalue weighted by Crippen LogP contribution is -2.37. The highest BCUT2D eigenvalue weighted by Crippen LogP contribution is 2.26. The van der Waals surface area contributed by atoms with Crippen LogP contribution in [0.25, 0.3) is 11.4 Å². The number of halogens is 1. The summed E-state index contributed by atoms with van der Waals surface area (Å²) in [6.07, 6.45) is -0.665. The first-order chi connectivity index (χ1) is 13.3. The Labute approximate surface area is 169 Å². The molecule has 6 nitrogen and oxygen atoms in total. The number of hydrogen-bond donors (Lipinski definition) is 0. The summed E-state index contributed by atoms with van der Waals surface area (Å²) in [5.74, 6) is 1.27. The van der Waals surface area contributed by atoms with Gasteiger partial charge in [0.1, 0.15) is 5.75 Å². The van der Waals surface area contributed by atoms with Gasteiger partial charge in [0.15, 0.2) is 6.10 Å². The van der Waals surface area contributed by atoms with Crippen molar-refractivity contribution in [1.82, 2.24) is 15.0 Å². The first kappa shape index (κ1) is 19.9. The third kappa shape index (κ3) is 4.51. The van der Waals surface area contributed by atoms with Crippen LogP contribution < -0.4 is 4.74 Å². The van der Waals surface area contributed by atoms with Crippen molar-refractivity contribution < 1.29 is 14.1 Å². The van der Waals surface area contributed by atoms with Gasteiger partial charge in [-0.1, -0.05) is 47.1 Å². The van der Waals surface area contributed by atoms with Crippen molar-refractivity contribution in [1.29, 1.82) is 0 Å². The summed E-state index contributed by atoms with van der Waals surface area (Å²) in [5.41, 5.74) is 2.67. The van der Waals surface area contributed by atoms with E-state index in [9.17, 15) is 4.79 Å². The van der Waals surface area contributed by atoms with Crippen LogP contribution in [0.1, 0.15) is 23.9 Å². The molecular weight excluding hydrogens is 378 g/mol. The van der Waals surface area contributed by atoms with E-state index in [-0.39, 0.29) is 12.5 Å². The van der Waals surface area contributed by atoms with Gasteiger partial charge in [0.25, 0.3) is 5.91 Å². The lowest BCUT2D eigenvalue weighted by molar-refractivity contribution is -0.137. The van der Waals surface area contributed by atoms with E-state index in [0.29, 0.717) is 22.5 Å². The van der Waals surface area contributed by atoms with Gasteiger partial charge in [-0.3, -0.25) is 4.79 Å². The molecule has 28 heavy (non-hydrogen) atoms. The van der Waals surface area contributed by atoms with E-state index in [4.69, 9.17) is 20.9 Å². The Morgan fingerprint density at radius 3 is 2.50 bits per heavy atom. The first-order valence-corrected chi connectivity index (χ1v) is 9.29. The second-order valence-corrected chi connectivity index (χ2v) is 7.08. The lowest BCUT2D eigenvalue weighted by atomic mass is 10.1. The standard InChI is InChI=1S/C21H22ClN3O3/c1-13-10-17(11-14(2)19(13)22)27-15(3)21(26)25(4)12-18-23-20(24-28-18)16-8-6-5-7-9-16/h5-11,15H,12H2,1-4H3/t15-/m1/s1. The van der Waals surface area contributed by atoms with Gasteiger partial charge >= 0.3 is 0 Å². The Morgan fingerprint density at radius 2 is 1.86 bits per heavy atom. The summed E-state index contributed by atoms with van der Waals surface area (Å²) < 4.78 is 11.1. The molecule has 1 heterocycles. The van der Waals surface area contributed by atoms with E-state index in [2.05, 4.69) is 10.1 Å². The van der Waals surface area contributed by atoms with Crippen molar-refractivity contribution in [2.75, 3.05) is 7.05 Å². The SMILES string of the molecule is Cc1cc(O[C@H](C)C(=O)N(C)Cc2nc(-c3ccccc3)no2)cc(C)c1Cl. The number of ether oxygens (including phenoxy) is 1. The van der Waals surface area contributed by atoms with Crippen LogP contribution in [-0.2, 0) is 11.3 Å². The summed E-state index contributed by atoms with van der Waals surface area (Å²) >= 11 is 6.18. The average Bonchev–Trinajstić information content (AvgIpc) is 3.14. The van der Waals surface area contributed by atoms with Gasteiger partial charge in [-0.25, -0.2) is 0 Å². The molecular formula is C21H22ClN3O3. The largest absolute Gasteiger partial charge is 0.481 e. The molecule has 7 heteroatoms. The monoisotopic (exact) mass is 399 g/mol. The molecule has 3 aromatic rings. The smallest absolute Gasteiger partial charge is 0.263 e. The Bertz CT molecular complexity index is 949. The zero-order chi connectivity index (χ0) is 20.3. The maximum absolute atomic E-state index is 12.7. The fraction of sp³-hybridized carbons (Fsp3) is 0.286. The Balaban J connectivity index is 1.63. The number of hydrogen-bond acceptors (Lipinski definition) is 5.